The molecule has 0 aliphatic rings. The van der Waals surface area contributed by atoms with Crippen LogP contribution >= 0.6 is 0 Å². The van der Waals surface area contributed by atoms with Crippen molar-refractivity contribution in [1.82, 2.24) is 0 Å². The van der Waals surface area contributed by atoms with E-state index in [9.17, 15) is 13.2 Å². The maximum atomic E-state index is 12.5. The van der Waals surface area contributed by atoms with Crippen LogP contribution in [0.1, 0.15) is 6.92 Å². The van der Waals surface area contributed by atoms with Crippen molar-refractivity contribution in [3.8, 4) is 0 Å². The molecule has 1 amide bonds. The molecule has 6 heteroatoms. The normalized spacial score (nSPS) is 14.0. The zero-order valence-electron chi connectivity index (χ0n) is 13.0. The third-order valence-electron chi connectivity index (χ3n) is 3.53. The Morgan fingerprint density at radius 1 is 1.04 bits per heavy atom. The number of para-hydroxylation sites is 1. The molecule has 23 heavy (non-hydrogen) atoms. The van der Waals surface area contributed by atoms with Gasteiger partial charge < -0.3 is 10.1 Å². The molecule has 1 N–H and O–H groups in total. The van der Waals surface area contributed by atoms with Crippen LogP contribution in [0.4, 0.5) is 5.69 Å². The van der Waals surface area contributed by atoms with Gasteiger partial charge in [-0.1, -0.05) is 36.4 Å². The Hall–Kier alpha value is -2.18. The Labute approximate surface area is 136 Å². The van der Waals surface area contributed by atoms with Crippen LogP contribution in [0.3, 0.4) is 0 Å². The predicted octanol–water partition coefficient (Wildman–Crippen LogP) is 2.50. The molecule has 2 aromatic carbocycles. The summed E-state index contributed by atoms with van der Waals surface area (Å²) in [6.07, 6.45) is 0. The molecule has 0 radical (unpaired) electrons. The molecule has 0 saturated heterocycles. The van der Waals surface area contributed by atoms with Crippen molar-refractivity contribution < 1.29 is 17.9 Å². The Balaban J connectivity index is 2.21. The summed E-state index contributed by atoms with van der Waals surface area (Å²) in [5.41, 5.74) is -0.914. The van der Waals surface area contributed by atoms with Gasteiger partial charge in [0.1, 0.15) is 0 Å². The lowest BCUT2D eigenvalue weighted by Crippen LogP contribution is -2.47. The third-order valence-corrected chi connectivity index (χ3v) is 5.45. The number of hydrogen-bond acceptors (Lipinski definition) is 4. The average Bonchev–Trinajstić information content (AvgIpc) is 2.56. The van der Waals surface area contributed by atoms with E-state index in [4.69, 9.17) is 4.74 Å². The van der Waals surface area contributed by atoms with E-state index in [0.29, 0.717) is 5.69 Å². The van der Waals surface area contributed by atoms with Crippen LogP contribution in [0.25, 0.3) is 0 Å². The predicted molar refractivity (Wildman–Crippen MR) is 89.0 cm³/mol. The second-order valence-corrected chi connectivity index (χ2v) is 7.32. The number of ether oxygens (including phenoxy) is 1. The Bertz CT molecular complexity index is 760. The lowest BCUT2D eigenvalue weighted by Gasteiger charge is -2.26. The van der Waals surface area contributed by atoms with Crippen molar-refractivity contribution >= 4 is 21.4 Å². The van der Waals surface area contributed by atoms with Gasteiger partial charge in [-0.3, -0.25) is 4.79 Å². The summed E-state index contributed by atoms with van der Waals surface area (Å²) in [6.45, 7) is 1.46. The van der Waals surface area contributed by atoms with E-state index in [-0.39, 0.29) is 4.90 Å². The molecule has 0 bridgehead atoms. The quantitative estimate of drug-likeness (QED) is 0.881. The number of sulfone groups is 1. The van der Waals surface area contributed by atoms with Crippen molar-refractivity contribution in [3.05, 3.63) is 60.7 Å². The van der Waals surface area contributed by atoms with E-state index in [2.05, 4.69) is 5.32 Å². The molecule has 122 valence electrons. The minimum Gasteiger partial charge on any atom is -0.368 e. The summed E-state index contributed by atoms with van der Waals surface area (Å²) >= 11 is 0. The molecule has 5 nitrogen and oxygen atoms in total. The highest BCUT2D eigenvalue weighted by atomic mass is 32.2. The number of carbonyl (C=O) groups is 1. The van der Waals surface area contributed by atoms with Crippen molar-refractivity contribution in [2.24, 2.45) is 0 Å². The van der Waals surface area contributed by atoms with E-state index in [0.717, 1.165) is 0 Å². The van der Waals surface area contributed by atoms with Crippen LogP contribution in [-0.2, 0) is 19.4 Å². The molecule has 0 aliphatic heterocycles. The molecular formula is C17H19NO4S. The van der Waals surface area contributed by atoms with Crippen molar-refractivity contribution in [3.63, 3.8) is 0 Å². The highest BCUT2D eigenvalue weighted by Gasteiger charge is 2.39. The molecule has 0 aromatic heterocycles. The summed E-state index contributed by atoms with van der Waals surface area (Å²) in [4.78, 5) is 12.6. The number of anilines is 1. The molecule has 0 spiro atoms. The number of nitrogens with one attached hydrogen (secondary N) is 1. The van der Waals surface area contributed by atoms with E-state index in [1.165, 1.54) is 26.2 Å². The number of benzene rings is 2. The Kier molecular flexibility index (Phi) is 5.18. The van der Waals surface area contributed by atoms with Gasteiger partial charge in [-0.2, -0.15) is 0 Å². The number of amides is 1. The third kappa shape index (κ3) is 4.18. The van der Waals surface area contributed by atoms with Gasteiger partial charge in [-0.15, -0.1) is 0 Å². The van der Waals surface area contributed by atoms with Gasteiger partial charge >= 0.3 is 0 Å². The SMILES string of the molecule is COC(C)(CS(=O)(=O)c1ccccc1)C(=O)Nc1ccccc1. The van der Waals surface area contributed by atoms with Crippen LogP contribution in [0.5, 0.6) is 0 Å². The standard InChI is InChI=1S/C17H19NO4S/c1-17(22-2,16(19)18-14-9-5-3-6-10-14)13-23(20,21)15-11-7-4-8-12-15/h3-12H,13H2,1-2H3,(H,18,19). The minimum atomic E-state index is -3.65. The minimum absolute atomic E-state index is 0.163. The van der Waals surface area contributed by atoms with Crippen LogP contribution < -0.4 is 5.32 Å². The van der Waals surface area contributed by atoms with Gasteiger partial charge in [-0.25, -0.2) is 8.42 Å². The van der Waals surface area contributed by atoms with Crippen molar-refractivity contribution in [2.45, 2.75) is 17.4 Å². The van der Waals surface area contributed by atoms with E-state index in [1.54, 1.807) is 42.5 Å². The monoisotopic (exact) mass is 333 g/mol. The first-order chi connectivity index (χ1) is 10.9. The summed E-state index contributed by atoms with van der Waals surface area (Å²) in [5.74, 6) is -0.954. The van der Waals surface area contributed by atoms with Gasteiger partial charge in [0.2, 0.25) is 0 Å². The van der Waals surface area contributed by atoms with Crippen LogP contribution in [-0.4, -0.2) is 32.8 Å². The fraction of sp³-hybridized carbons (Fsp3) is 0.235. The maximum Gasteiger partial charge on any atom is 0.257 e. The Morgan fingerprint density at radius 3 is 2.09 bits per heavy atom. The first-order valence-corrected chi connectivity index (χ1v) is 8.72. The van der Waals surface area contributed by atoms with Crippen LogP contribution in [0.15, 0.2) is 65.6 Å². The highest BCUT2D eigenvalue weighted by Crippen LogP contribution is 2.21. The molecule has 2 rings (SSSR count). The second-order valence-electron chi connectivity index (χ2n) is 5.33. The number of carbonyl (C=O) groups excluding carboxylic acids is 1. The molecule has 0 fully saturated rings. The summed E-state index contributed by atoms with van der Waals surface area (Å²) in [7, 11) is -2.33. The van der Waals surface area contributed by atoms with Crippen molar-refractivity contribution in [2.75, 3.05) is 18.2 Å². The highest BCUT2D eigenvalue weighted by molar-refractivity contribution is 7.91. The molecule has 1 atom stereocenters. The van der Waals surface area contributed by atoms with Gasteiger partial charge in [0.05, 0.1) is 10.6 Å². The number of methoxy groups -OCH3 is 1. The molecule has 0 saturated carbocycles. The molecule has 2 aromatic rings. The largest absolute Gasteiger partial charge is 0.368 e. The van der Waals surface area contributed by atoms with Gasteiger partial charge in [-0.05, 0) is 31.2 Å². The van der Waals surface area contributed by atoms with Gasteiger partial charge in [0.25, 0.3) is 5.91 Å². The maximum absolute atomic E-state index is 12.5. The Morgan fingerprint density at radius 2 is 1.57 bits per heavy atom. The smallest absolute Gasteiger partial charge is 0.257 e. The molecular weight excluding hydrogens is 314 g/mol. The second kappa shape index (κ2) is 6.93. The zero-order chi connectivity index (χ0) is 16.9. The van der Waals surface area contributed by atoms with Crippen molar-refractivity contribution in [1.29, 1.82) is 0 Å². The molecule has 1 unspecified atom stereocenters. The molecule has 0 aliphatic carbocycles. The fourth-order valence-electron chi connectivity index (χ4n) is 2.08. The lowest BCUT2D eigenvalue weighted by atomic mass is 10.1. The van der Waals surface area contributed by atoms with Gasteiger partial charge in [0, 0.05) is 12.8 Å². The zero-order valence-corrected chi connectivity index (χ0v) is 13.8. The first-order valence-electron chi connectivity index (χ1n) is 7.07. The summed E-state index contributed by atoms with van der Waals surface area (Å²) < 4.78 is 30.2. The van der Waals surface area contributed by atoms with Crippen LogP contribution in [0, 0.1) is 0 Å². The number of rotatable bonds is 6. The first kappa shape index (κ1) is 17.2. The summed E-state index contributed by atoms with van der Waals surface area (Å²) in [6, 6.07) is 16.8. The van der Waals surface area contributed by atoms with E-state index in [1.807, 2.05) is 6.07 Å². The number of hydrogen-bond donors (Lipinski definition) is 1. The topological polar surface area (TPSA) is 72.5 Å². The molecule has 0 heterocycles. The summed E-state index contributed by atoms with van der Waals surface area (Å²) in [5, 5.41) is 2.68. The van der Waals surface area contributed by atoms with E-state index >= 15 is 0 Å². The lowest BCUT2D eigenvalue weighted by molar-refractivity contribution is -0.133. The van der Waals surface area contributed by atoms with Gasteiger partial charge in [0.15, 0.2) is 15.4 Å². The average molecular weight is 333 g/mol. The van der Waals surface area contributed by atoms with E-state index < -0.39 is 27.1 Å². The fourth-order valence-corrected chi connectivity index (χ4v) is 3.79. The van der Waals surface area contributed by atoms with Crippen LogP contribution in [0.2, 0.25) is 0 Å².